The largest absolute Gasteiger partial charge is 0.324 e. The zero-order valence-electron chi connectivity index (χ0n) is 12.2. The van der Waals surface area contributed by atoms with Crippen LogP contribution in [0.4, 0.5) is 5.69 Å². The van der Waals surface area contributed by atoms with Gasteiger partial charge in [-0.1, -0.05) is 23.2 Å². The molecule has 1 aliphatic heterocycles. The molecule has 0 aromatic heterocycles. The van der Waals surface area contributed by atoms with Gasteiger partial charge in [0, 0.05) is 18.1 Å². The molecule has 1 saturated heterocycles. The molecule has 0 aliphatic carbocycles. The summed E-state index contributed by atoms with van der Waals surface area (Å²) in [6, 6.07) is 4.82. The summed E-state index contributed by atoms with van der Waals surface area (Å²) in [7, 11) is -3.26. The summed E-state index contributed by atoms with van der Waals surface area (Å²) in [6.45, 7) is 2.29. The number of benzene rings is 1. The molecule has 0 radical (unpaired) electrons. The molecule has 1 fully saturated rings. The maximum Gasteiger partial charge on any atom is 0.228 e. The molecule has 8 heteroatoms. The predicted octanol–water partition coefficient (Wildman–Crippen LogP) is 2.99. The lowest BCUT2D eigenvalue weighted by Crippen LogP contribution is -2.44. The van der Waals surface area contributed by atoms with Gasteiger partial charge >= 0.3 is 0 Å². The third-order valence-corrected chi connectivity index (χ3v) is 6.10. The molecule has 1 amide bonds. The lowest BCUT2D eigenvalue weighted by molar-refractivity contribution is -0.120. The normalized spacial score (nSPS) is 19.9. The number of nitrogens with zero attached hydrogens (tertiary/aromatic N) is 1. The summed E-state index contributed by atoms with van der Waals surface area (Å²) in [5, 5.41) is 3.59. The van der Waals surface area contributed by atoms with Gasteiger partial charge in [-0.3, -0.25) is 4.79 Å². The number of rotatable bonds is 4. The minimum Gasteiger partial charge on any atom is -0.324 e. The van der Waals surface area contributed by atoms with Crippen LogP contribution in [-0.2, 0) is 14.8 Å². The molecule has 1 aromatic carbocycles. The van der Waals surface area contributed by atoms with Crippen molar-refractivity contribution >= 4 is 44.8 Å². The van der Waals surface area contributed by atoms with Crippen molar-refractivity contribution in [2.75, 3.05) is 24.2 Å². The lowest BCUT2D eigenvalue weighted by Gasteiger charge is -2.31. The molecule has 1 N–H and O–H groups in total. The maximum absolute atomic E-state index is 12.3. The van der Waals surface area contributed by atoms with E-state index < -0.39 is 10.0 Å². The molecule has 0 spiro atoms. The summed E-state index contributed by atoms with van der Waals surface area (Å²) in [6.07, 6.45) is 1.33. The van der Waals surface area contributed by atoms with Crippen molar-refractivity contribution in [2.45, 2.75) is 19.8 Å². The molecule has 0 bridgehead atoms. The highest BCUT2D eigenvalue weighted by Crippen LogP contribution is 2.27. The Kier molecular flexibility index (Phi) is 5.71. The van der Waals surface area contributed by atoms with Gasteiger partial charge in [-0.2, -0.15) is 0 Å². The van der Waals surface area contributed by atoms with Crippen LogP contribution in [-0.4, -0.2) is 37.5 Å². The molecular formula is C14H18Cl2N2O3S. The van der Waals surface area contributed by atoms with E-state index >= 15 is 0 Å². The average Bonchev–Trinajstić information content (AvgIpc) is 2.50. The van der Waals surface area contributed by atoms with Gasteiger partial charge in [0.05, 0.1) is 22.4 Å². The average molecular weight is 365 g/mol. The van der Waals surface area contributed by atoms with E-state index in [-0.39, 0.29) is 24.1 Å². The van der Waals surface area contributed by atoms with Crippen molar-refractivity contribution in [3.8, 4) is 0 Å². The maximum atomic E-state index is 12.3. The summed E-state index contributed by atoms with van der Waals surface area (Å²) in [4.78, 5) is 12.3. The number of amides is 1. The van der Waals surface area contributed by atoms with Crippen molar-refractivity contribution in [3.05, 3.63) is 28.2 Å². The van der Waals surface area contributed by atoms with Crippen LogP contribution < -0.4 is 5.32 Å². The van der Waals surface area contributed by atoms with Crippen LogP contribution in [0.1, 0.15) is 19.8 Å². The van der Waals surface area contributed by atoms with E-state index in [0.717, 1.165) is 0 Å². The third-order valence-electron chi connectivity index (χ3n) is 3.70. The lowest BCUT2D eigenvalue weighted by atomic mass is 9.99. The topological polar surface area (TPSA) is 66.5 Å². The first kappa shape index (κ1) is 17.5. The van der Waals surface area contributed by atoms with Crippen molar-refractivity contribution in [1.29, 1.82) is 0 Å². The fourth-order valence-electron chi connectivity index (χ4n) is 2.42. The molecule has 122 valence electrons. The van der Waals surface area contributed by atoms with Crippen molar-refractivity contribution in [1.82, 2.24) is 4.31 Å². The fraction of sp³-hybridized carbons (Fsp3) is 0.500. The van der Waals surface area contributed by atoms with E-state index in [1.165, 1.54) is 4.31 Å². The van der Waals surface area contributed by atoms with Gasteiger partial charge in [-0.25, -0.2) is 12.7 Å². The molecular weight excluding hydrogens is 347 g/mol. The van der Waals surface area contributed by atoms with Gasteiger partial charge in [0.1, 0.15) is 0 Å². The highest BCUT2D eigenvalue weighted by molar-refractivity contribution is 7.89. The number of hydrogen-bond acceptors (Lipinski definition) is 3. The number of sulfonamides is 1. The molecule has 2 rings (SSSR count). The number of halogens is 2. The molecule has 0 unspecified atom stereocenters. The van der Waals surface area contributed by atoms with E-state index in [1.807, 2.05) is 0 Å². The van der Waals surface area contributed by atoms with E-state index in [9.17, 15) is 13.2 Å². The van der Waals surface area contributed by atoms with Crippen LogP contribution in [0.5, 0.6) is 0 Å². The van der Waals surface area contributed by atoms with E-state index in [2.05, 4.69) is 5.32 Å². The molecule has 1 aromatic rings. The first-order valence-electron chi connectivity index (χ1n) is 7.07. The molecule has 1 heterocycles. The molecule has 0 saturated carbocycles. The Bertz CT molecular complexity index is 664. The van der Waals surface area contributed by atoms with E-state index in [0.29, 0.717) is 35.1 Å². The van der Waals surface area contributed by atoms with Gasteiger partial charge in [-0.15, -0.1) is 0 Å². The Balaban J connectivity index is 2.06. The standard InChI is InChI=1S/C14H18Cl2N2O3S/c1-2-22(20,21)18-7-3-4-10(9-18)14(19)17-13-6-5-11(15)8-12(13)16/h5-6,8,10H,2-4,7,9H2,1H3,(H,17,19)/t10-/m1/s1. The molecule has 22 heavy (non-hydrogen) atoms. The van der Waals surface area contributed by atoms with Crippen LogP contribution in [0.3, 0.4) is 0 Å². The van der Waals surface area contributed by atoms with Gasteiger partial charge in [0.2, 0.25) is 15.9 Å². The summed E-state index contributed by atoms with van der Waals surface area (Å²) < 4.78 is 25.3. The number of nitrogens with one attached hydrogen (secondary N) is 1. The first-order valence-corrected chi connectivity index (χ1v) is 9.43. The Hall–Kier alpha value is -0.820. The highest BCUT2D eigenvalue weighted by atomic mass is 35.5. The molecule has 1 atom stereocenters. The van der Waals surface area contributed by atoms with Crippen LogP contribution in [0.2, 0.25) is 10.0 Å². The number of hydrogen-bond donors (Lipinski definition) is 1. The smallest absolute Gasteiger partial charge is 0.228 e. The van der Waals surface area contributed by atoms with Crippen molar-refractivity contribution < 1.29 is 13.2 Å². The summed E-state index contributed by atoms with van der Waals surface area (Å²) in [5.41, 5.74) is 0.478. The Morgan fingerprint density at radius 3 is 2.77 bits per heavy atom. The summed E-state index contributed by atoms with van der Waals surface area (Å²) >= 11 is 11.8. The minimum absolute atomic E-state index is 0.0460. The number of carbonyl (C=O) groups is 1. The van der Waals surface area contributed by atoms with Crippen LogP contribution in [0, 0.1) is 5.92 Å². The SMILES string of the molecule is CCS(=O)(=O)N1CCC[C@@H](C(=O)Nc2ccc(Cl)cc2Cl)C1. The monoisotopic (exact) mass is 364 g/mol. The molecule has 5 nitrogen and oxygen atoms in total. The number of anilines is 1. The highest BCUT2D eigenvalue weighted by Gasteiger charge is 2.31. The second-order valence-corrected chi connectivity index (χ2v) is 8.31. The van der Waals surface area contributed by atoms with Gasteiger partial charge < -0.3 is 5.32 Å². The van der Waals surface area contributed by atoms with Crippen LogP contribution in [0.25, 0.3) is 0 Å². The second kappa shape index (κ2) is 7.17. The third kappa shape index (κ3) is 4.13. The summed E-state index contributed by atoms with van der Waals surface area (Å²) in [5.74, 6) is -0.549. The van der Waals surface area contributed by atoms with Gasteiger partial charge in [0.15, 0.2) is 0 Å². The Morgan fingerprint density at radius 1 is 1.41 bits per heavy atom. The predicted molar refractivity (Wildman–Crippen MR) is 88.8 cm³/mol. The first-order chi connectivity index (χ1) is 10.3. The Labute approximate surface area is 140 Å². The quantitative estimate of drug-likeness (QED) is 0.892. The van der Waals surface area contributed by atoms with E-state index in [4.69, 9.17) is 23.2 Å². The molecule has 1 aliphatic rings. The van der Waals surface area contributed by atoms with Gasteiger partial charge in [-0.05, 0) is 38.0 Å². The van der Waals surface area contributed by atoms with Crippen LogP contribution in [0.15, 0.2) is 18.2 Å². The van der Waals surface area contributed by atoms with E-state index in [1.54, 1.807) is 25.1 Å². The van der Waals surface area contributed by atoms with Crippen LogP contribution >= 0.6 is 23.2 Å². The fourth-order valence-corrected chi connectivity index (χ4v) is 4.05. The minimum atomic E-state index is -3.26. The van der Waals surface area contributed by atoms with Crippen molar-refractivity contribution in [3.63, 3.8) is 0 Å². The zero-order valence-corrected chi connectivity index (χ0v) is 14.5. The van der Waals surface area contributed by atoms with Crippen molar-refractivity contribution in [2.24, 2.45) is 5.92 Å². The second-order valence-electron chi connectivity index (χ2n) is 5.21. The Morgan fingerprint density at radius 2 is 2.14 bits per heavy atom. The van der Waals surface area contributed by atoms with Gasteiger partial charge in [0.25, 0.3) is 0 Å². The zero-order chi connectivity index (χ0) is 16.3. The number of carbonyl (C=O) groups excluding carboxylic acids is 1. The number of piperidine rings is 1.